The van der Waals surface area contributed by atoms with E-state index in [-0.39, 0.29) is 23.3 Å². The van der Waals surface area contributed by atoms with Crippen LogP contribution in [0.3, 0.4) is 0 Å². The minimum atomic E-state index is -1.07. The molecule has 0 spiro atoms. The maximum atomic E-state index is 13.1. The van der Waals surface area contributed by atoms with Crippen molar-refractivity contribution in [2.75, 3.05) is 6.54 Å². The van der Waals surface area contributed by atoms with Crippen molar-refractivity contribution < 1.29 is 19.1 Å². The molecular formula is C21H22N2O4. The van der Waals surface area contributed by atoms with Gasteiger partial charge in [-0.25, -0.2) is 4.79 Å². The van der Waals surface area contributed by atoms with E-state index in [1.54, 1.807) is 4.90 Å². The van der Waals surface area contributed by atoms with E-state index in [4.69, 9.17) is 4.42 Å². The van der Waals surface area contributed by atoms with Gasteiger partial charge in [0.1, 0.15) is 11.3 Å². The van der Waals surface area contributed by atoms with Crippen molar-refractivity contribution in [2.45, 2.75) is 38.6 Å². The van der Waals surface area contributed by atoms with Gasteiger partial charge >= 0.3 is 5.97 Å². The molecule has 1 saturated heterocycles. The van der Waals surface area contributed by atoms with Crippen LogP contribution < -0.4 is 0 Å². The van der Waals surface area contributed by atoms with Crippen LogP contribution in [0.15, 0.2) is 40.8 Å². The lowest BCUT2D eigenvalue weighted by molar-refractivity contribution is 0.0572. The number of carboxylic acid groups (broad SMARTS) is 1. The zero-order valence-electron chi connectivity index (χ0n) is 15.2. The molecule has 1 atom stereocenters. The number of aromatic nitrogens is 1. The van der Waals surface area contributed by atoms with E-state index in [1.165, 1.54) is 6.07 Å². The minimum absolute atomic E-state index is 0.0675. The molecule has 2 N–H and O–H groups in total. The molecule has 0 bridgehead atoms. The fourth-order valence-corrected chi connectivity index (χ4v) is 3.89. The Hall–Kier alpha value is -3.02. The molecule has 1 aliphatic heterocycles. The Morgan fingerprint density at radius 2 is 2.07 bits per heavy atom. The fourth-order valence-electron chi connectivity index (χ4n) is 3.89. The van der Waals surface area contributed by atoms with Gasteiger partial charge in [-0.3, -0.25) is 4.79 Å². The molecule has 0 saturated carbocycles. The van der Waals surface area contributed by atoms with Crippen molar-refractivity contribution in [1.29, 1.82) is 0 Å². The lowest BCUT2D eigenvalue weighted by Crippen LogP contribution is -2.38. The Morgan fingerprint density at radius 3 is 2.78 bits per heavy atom. The molecule has 4 rings (SSSR count). The van der Waals surface area contributed by atoms with Crippen LogP contribution in [0.5, 0.6) is 0 Å². The molecule has 6 heteroatoms. The molecular weight excluding hydrogens is 344 g/mol. The Balaban J connectivity index is 1.68. The van der Waals surface area contributed by atoms with E-state index in [1.807, 2.05) is 31.2 Å². The predicted molar refractivity (Wildman–Crippen MR) is 101 cm³/mol. The normalized spacial score (nSPS) is 17.4. The number of rotatable bonds is 4. The Labute approximate surface area is 156 Å². The summed E-state index contributed by atoms with van der Waals surface area (Å²) in [6.07, 6.45) is 3.27. The molecule has 2 aromatic heterocycles. The SMILES string of the molecule is CCc1oc(C(=O)N2CCCCC2c2cc3ccccc3[nH]2)cc1C(=O)O. The summed E-state index contributed by atoms with van der Waals surface area (Å²) in [4.78, 5) is 29.7. The number of amides is 1. The number of hydrogen-bond acceptors (Lipinski definition) is 3. The quantitative estimate of drug-likeness (QED) is 0.717. The van der Waals surface area contributed by atoms with Gasteiger partial charge < -0.3 is 19.4 Å². The average molecular weight is 366 g/mol. The fraction of sp³-hybridized carbons (Fsp3) is 0.333. The second kappa shape index (κ2) is 6.95. The molecule has 0 radical (unpaired) electrons. The van der Waals surface area contributed by atoms with E-state index < -0.39 is 5.97 Å². The number of benzene rings is 1. The van der Waals surface area contributed by atoms with Crippen molar-refractivity contribution in [3.63, 3.8) is 0 Å². The summed E-state index contributed by atoms with van der Waals surface area (Å²) in [5.41, 5.74) is 2.12. The van der Waals surface area contributed by atoms with E-state index in [2.05, 4.69) is 11.1 Å². The first kappa shape index (κ1) is 17.4. The third-order valence-electron chi connectivity index (χ3n) is 5.24. The summed E-state index contributed by atoms with van der Waals surface area (Å²) in [7, 11) is 0. The van der Waals surface area contributed by atoms with Gasteiger partial charge in [-0.15, -0.1) is 0 Å². The molecule has 1 fully saturated rings. The Bertz CT molecular complexity index is 968. The van der Waals surface area contributed by atoms with Gasteiger partial charge in [-0.1, -0.05) is 25.1 Å². The predicted octanol–water partition coefficient (Wildman–Crippen LogP) is 4.39. The van der Waals surface area contributed by atoms with Crippen LogP contribution in [0.2, 0.25) is 0 Å². The molecule has 1 unspecified atom stereocenters. The van der Waals surface area contributed by atoms with Gasteiger partial charge in [-0.05, 0) is 36.8 Å². The average Bonchev–Trinajstić information content (AvgIpc) is 3.31. The van der Waals surface area contributed by atoms with Crippen molar-refractivity contribution in [3.8, 4) is 0 Å². The Kier molecular flexibility index (Phi) is 4.48. The summed E-state index contributed by atoms with van der Waals surface area (Å²) in [5.74, 6) is -0.877. The van der Waals surface area contributed by atoms with Crippen molar-refractivity contribution in [1.82, 2.24) is 9.88 Å². The first-order chi connectivity index (χ1) is 13.1. The lowest BCUT2D eigenvalue weighted by atomic mass is 9.99. The molecule has 1 aliphatic rings. The van der Waals surface area contributed by atoms with E-state index in [9.17, 15) is 14.7 Å². The number of piperidine rings is 1. The maximum absolute atomic E-state index is 13.1. The Morgan fingerprint density at radius 1 is 1.26 bits per heavy atom. The first-order valence-corrected chi connectivity index (χ1v) is 9.33. The van der Waals surface area contributed by atoms with Gasteiger partial charge in [0.05, 0.1) is 6.04 Å². The number of H-pyrrole nitrogens is 1. The molecule has 6 nitrogen and oxygen atoms in total. The number of carboxylic acids is 1. The number of carbonyl (C=O) groups excluding carboxylic acids is 1. The van der Waals surface area contributed by atoms with E-state index in [0.29, 0.717) is 18.7 Å². The molecule has 0 aliphatic carbocycles. The van der Waals surface area contributed by atoms with Crippen LogP contribution in [0.25, 0.3) is 10.9 Å². The van der Waals surface area contributed by atoms with Crippen molar-refractivity contribution in [2.24, 2.45) is 0 Å². The number of likely N-dealkylation sites (tertiary alicyclic amines) is 1. The number of nitrogens with zero attached hydrogens (tertiary/aromatic N) is 1. The zero-order chi connectivity index (χ0) is 19.0. The van der Waals surface area contributed by atoms with Crippen molar-refractivity contribution >= 4 is 22.8 Å². The second-order valence-electron chi connectivity index (χ2n) is 6.93. The van der Waals surface area contributed by atoms with E-state index in [0.717, 1.165) is 35.9 Å². The molecule has 1 amide bonds. The number of furan rings is 1. The number of hydrogen-bond donors (Lipinski definition) is 2. The highest BCUT2D eigenvalue weighted by molar-refractivity contribution is 5.96. The van der Waals surface area contributed by atoms with Gasteiger partial charge in [-0.2, -0.15) is 0 Å². The number of aromatic amines is 1. The number of carbonyl (C=O) groups is 2. The molecule has 1 aromatic carbocycles. The van der Waals surface area contributed by atoms with Crippen LogP contribution in [0, 0.1) is 0 Å². The highest BCUT2D eigenvalue weighted by Gasteiger charge is 2.32. The van der Waals surface area contributed by atoms with Gasteiger partial charge in [0.15, 0.2) is 5.76 Å². The number of fused-ring (bicyclic) bond motifs is 1. The smallest absolute Gasteiger partial charge is 0.339 e. The molecule has 3 aromatic rings. The maximum Gasteiger partial charge on any atom is 0.339 e. The summed E-state index contributed by atoms with van der Waals surface area (Å²) in [6.45, 7) is 2.44. The number of aromatic carboxylic acids is 1. The summed E-state index contributed by atoms with van der Waals surface area (Å²) in [6, 6.07) is 11.4. The second-order valence-corrected chi connectivity index (χ2v) is 6.93. The third-order valence-corrected chi connectivity index (χ3v) is 5.24. The third kappa shape index (κ3) is 3.12. The van der Waals surface area contributed by atoms with Crippen LogP contribution in [-0.4, -0.2) is 33.4 Å². The molecule has 27 heavy (non-hydrogen) atoms. The van der Waals surface area contributed by atoms with E-state index >= 15 is 0 Å². The highest BCUT2D eigenvalue weighted by atomic mass is 16.4. The number of para-hydroxylation sites is 1. The largest absolute Gasteiger partial charge is 0.478 e. The highest BCUT2D eigenvalue weighted by Crippen LogP contribution is 2.34. The van der Waals surface area contributed by atoms with Crippen molar-refractivity contribution in [3.05, 3.63) is 59.2 Å². The monoisotopic (exact) mass is 366 g/mol. The van der Waals surface area contributed by atoms with Gasteiger partial charge in [0, 0.05) is 30.2 Å². The summed E-state index contributed by atoms with van der Waals surface area (Å²) in [5, 5.41) is 10.4. The first-order valence-electron chi connectivity index (χ1n) is 9.33. The van der Waals surface area contributed by atoms with Gasteiger partial charge in [0.2, 0.25) is 0 Å². The minimum Gasteiger partial charge on any atom is -0.478 e. The molecule has 140 valence electrons. The number of aryl methyl sites for hydroxylation is 1. The molecule has 3 heterocycles. The van der Waals surface area contributed by atoms with Crippen LogP contribution in [-0.2, 0) is 6.42 Å². The summed E-state index contributed by atoms with van der Waals surface area (Å²) >= 11 is 0. The zero-order valence-corrected chi connectivity index (χ0v) is 15.2. The van der Waals surface area contributed by atoms with Gasteiger partial charge in [0.25, 0.3) is 5.91 Å². The van der Waals surface area contributed by atoms with Crippen LogP contribution >= 0.6 is 0 Å². The lowest BCUT2D eigenvalue weighted by Gasteiger charge is -2.34. The standard InChI is InChI=1S/C21H22N2O4/c1-2-18-14(21(25)26)12-19(27-18)20(24)23-10-6-5-9-17(23)16-11-13-7-3-4-8-15(13)22-16/h3-4,7-8,11-12,17,22H,2,5-6,9-10H2,1H3,(H,25,26). The number of nitrogens with one attached hydrogen (secondary N) is 1. The van der Waals surface area contributed by atoms with Crippen LogP contribution in [0.4, 0.5) is 0 Å². The summed E-state index contributed by atoms with van der Waals surface area (Å²) < 4.78 is 5.60. The van der Waals surface area contributed by atoms with Crippen LogP contribution in [0.1, 0.15) is 64.6 Å². The topological polar surface area (TPSA) is 86.5 Å².